The van der Waals surface area contributed by atoms with Gasteiger partial charge < -0.3 is 29.9 Å². The molecule has 4 aromatic carbocycles. The van der Waals surface area contributed by atoms with Gasteiger partial charge in [-0.3, -0.25) is 28.8 Å². The fraction of sp³-hybridized carbons (Fsp3) is 0.346. The van der Waals surface area contributed by atoms with Crippen LogP contribution in [0.3, 0.4) is 0 Å². The molecule has 4 aliphatic rings. The van der Waals surface area contributed by atoms with Crippen molar-refractivity contribution in [1.29, 1.82) is 0 Å². The Kier molecular flexibility index (Phi) is 14.1. The van der Waals surface area contributed by atoms with Gasteiger partial charge in [0.25, 0.3) is 0 Å². The Balaban J connectivity index is 0.000000178. The standard InChI is InChI=1S/2C26H30FN5O3Si/c1-18(33)28-12-21-15-32(26(34)35-21)20-9-10-25(23(27)11-20)30-13-19-14-31(29-24(19)16-30)17-36(2,3)22-7-5-4-6-8-22;1-18(33)28-13-21-15-31(26(34)35-21)20-9-10-24(23(27)11-20)30-14-19-12-29-32(25(19)16-30)17-36(2,3)22-7-5-4-6-8-22/h4-11,14,21H,12-13,15-17H2,1-3H3,(H,28,33);4-12,21H,13-17H2,1-3H3,(H,28,33)/t2*21-/m00/s1. The normalized spacial score (nSPS) is 17.3. The molecule has 72 heavy (non-hydrogen) atoms. The Hall–Kier alpha value is -7.33. The van der Waals surface area contributed by atoms with Crippen LogP contribution in [0.4, 0.5) is 41.1 Å². The van der Waals surface area contributed by atoms with Crippen LogP contribution >= 0.6 is 0 Å². The molecule has 0 bridgehead atoms. The summed E-state index contributed by atoms with van der Waals surface area (Å²) in [6, 6.07) is 30.8. The number of nitrogens with one attached hydrogen (secondary N) is 2. The van der Waals surface area contributed by atoms with Gasteiger partial charge in [0, 0.05) is 56.6 Å². The number of cyclic esters (lactones) is 2. The van der Waals surface area contributed by atoms with Crippen molar-refractivity contribution in [2.75, 3.05) is 45.8 Å². The number of nitrogens with zero attached hydrogens (tertiary/aromatic N) is 8. The average Bonchev–Trinajstić information content (AvgIpc) is 4.21. The highest BCUT2D eigenvalue weighted by Gasteiger charge is 2.36. The van der Waals surface area contributed by atoms with E-state index in [9.17, 15) is 19.2 Å². The molecule has 4 aliphatic heterocycles. The molecule has 2 saturated heterocycles. The number of carbonyl (C=O) groups excluding carboxylic acids is 4. The van der Waals surface area contributed by atoms with Gasteiger partial charge in [-0.2, -0.15) is 10.2 Å². The number of carbonyl (C=O) groups is 4. The Labute approximate surface area is 419 Å². The number of amides is 4. The van der Waals surface area contributed by atoms with Crippen LogP contribution in [0.25, 0.3) is 0 Å². The fourth-order valence-corrected chi connectivity index (χ4v) is 14.3. The van der Waals surface area contributed by atoms with Crippen LogP contribution in [-0.2, 0) is 57.6 Å². The van der Waals surface area contributed by atoms with Crippen LogP contribution in [-0.4, -0.2) is 98.1 Å². The lowest BCUT2D eigenvalue weighted by molar-refractivity contribution is -0.120. The first-order valence-corrected chi connectivity index (χ1v) is 30.6. The first-order valence-electron chi connectivity index (χ1n) is 24.1. The Bertz CT molecular complexity index is 2970. The topological polar surface area (TPSA) is 159 Å². The van der Waals surface area contributed by atoms with E-state index >= 15 is 8.78 Å². The van der Waals surface area contributed by atoms with Gasteiger partial charge >= 0.3 is 12.2 Å². The summed E-state index contributed by atoms with van der Waals surface area (Å²) < 4.78 is 45.1. The van der Waals surface area contributed by atoms with Crippen LogP contribution in [0.15, 0.2) is 109 Å². The molecule has 0 radical (unpaired) electrons. The van der Waals surface area contributed by atoms with Crippen molar-refractivity contribution in [2.45, 2.75) is 90.8 Å². The van der Waals surface area contributed by atoms with Gasteiger partial charge in [0.2, 0.25) is 11.8 Å². The predicted octanol–water partition coefficient (Wildman–Crippen LogP) is 6.32. The number of fused-ring (bicyclic) bond motifs is 2. The van der Waals surface area contributed by atoms with Gasteiger partial charge in [0.15, 0.2) is 0 Å². The third kappa shape index (κ3) is 10.9. The summed E-state index contributed by atoms with van der Waals surface area (Å²) in [6.45, 7) is 15.4. The molecule has 16 nitrogen and oxygen atoms in total. The van der Waals surface area contributed by atoms with E-state index in [1.807, 2.05) is 28.1 Å². The van der Waals surface area contributed by atoms with E-state index in [0.29, 0.717) is 48.9 Å². The lowest BCUT2D eigenvalue weighted by Crippen LogP contribution is -2.46. The summed E-state index contributed by atoms with van der Waals surface area (Å²) >= 11 is 0. The highest BCUT2D eigenvalue weighted by atomic mass is 28.3. The molecule has 2 fully saturated rings. The van der Waals surface area contributed by atoms with Gasteiger partial charge in [-0.15, -0.1) is 0 Å². The Morgan fingerprint density at radius 2 is 1.14 bits per heavy atom. The van der Waals surface area contributed by atoms with Crippen LogP contribution in [0, 0.1) is 11.6 Å². The van der Waals surface area contributed by atoms with Crippen molar-refractivity contribution in [1.82, 2.24) is 30.2 Å². The molecule has 0 unspecified atom stereocenters. The molecular formula is C52H60F2N10O6Si2. The molecule has 6 heterocycles. The largest absolute Gasteiger partial charge is 0.442 e. The second-order valence-electron chi connectivity index (χ2n) is 20.2. The SMILES string of the molecule is CC(=O)NC[C@H]1CN(c2ccc(N3Cc4cn(C[Si](C)(C)c5ccccc5)nc4C3)c(F)c2)C(=O)O1.CC(=O)NC[C@H]1CN(c2ccc(N3Cc4cnn(C[Si](C)(C)c5ccccc5)c4C3)c(F)c2)C(=O)O1. The van der Waals surface area contributed by atoms with E-state index in [0.717, 1.165) is 34.9 Å². The van der Waals surface area contributed by atoms with E-state index in [1.54, 1.807) is 24.3 Å². The molecule has 2 N–H and O–H groups in total. The second-order valence-corrected chi connectivity index (χ2v) is 29.5. The quantitative estimate of drug-likeness (QED) is 0.118. The molecule has 0 saturated carbocycles. The highest BCUT2D eigenvalue weighted by molar-refractivity contribution is 6.89. The average molecular weight is 1020 g/mol. The number of ether oxygens (including phenoxy) is 2. The molecule has 2 aromatic heterocycles. The van der Waals surface area contributed by atoms with E-state index in [4.69, 9.17) is 14.6 Å². The van der Waals surface area contributed by atoms with Crippen LogP contribution in [0.2, 0.25) is 26.2 Å². The minimum Gasteiger partial charge on any atom is -0.442 e. The lowest BCUT2D eigenvalue weighted by Gasteiger charge is -2.25. The highest BCUT2D eigenvalue weighted by Crippen LogP contribution is 2.35. The van der Waals surface area contributed by atoms with Crippen LogP contribution < -0.4 is 40.6 Å². The maximum atomic E-state index is 15.3. The van der Waals surface area contributed by atoms with Crippen LogP contribution in [0.5, 0.6) is 0 Å². The number of hydrogen-bond acceptors (Lipinski definition) is 10. The molecule has 6 aromatic rings. The molecule has 0 spiro atoms. The molecular weight excluding hydrogens is 955 g/mol. The van der Waals surface area contributed by atoms with Gasteiger partial charge in [0.1, 0.15) is 40.0 Å². The maximum absolute atomic E-state index is 15.3. The fourth-order valence-electron chi connectivity index (χ4n) is 9.75. The van der Waals surface area contributed by atoms with Crippen molar-refractivity contribution in [3.8, 4) is 0 Å². The number of hydrogen-bond donors (Lipinski definition) is 2. The molecule has 376 valence electrons. The first kappa shape index (κ1) is 49.6. The van der Waals surface area contributed by atoms with Crippen molar-refractivity contribution in [3.05, 3.63) is 144 Å². The molecule has 4 amide bonds. The van der Waals surface area contributed by atoms with Gasteiger partial charge in [-0.1, -0.05) is 97.2 Å². The summed E-state index contributed by atoms with van der Waals surface area (Å²) in [7, 11) is -3.44. The van der Waals surface area contributed by atoms with Crippen molar-refractivity contribution in [3.63, 3.8) is 0 Å². The minimum atomic E-state index is -1.75. The summed E-state index contributed by atoms with van der Waals surface area (Å²) in [5.41, 5.74) is 6.15. The Morgan fingerprint density at radius 1 is 0.653 bits per heavy atom. The number of aromatic nitrogens is 4. The van der Waals surface area contributed by atoms with Crippen LogP contribution in [0.1, 0.15) is 36.4 Å². The van der Waals surface area contributed by atoms with E-state index in [-0.39, 0.29) is 38.0 Å². The molecule has 20 heteroatoms. The monoisotopic (exact) mass is 1010 g/mol. The maximum Gasteiger partial charge on any atom is 0.414 e. The van der Waals surface area contributed by atoms with Gasteiger partial charge in [-0.05, 0) is 36.4 Å². The zero-order valence-corrected chi connectivity index (χ0v) is 43.4. The first-order chi connectivity index (χ1) is 34.4. The summed E-state index contributed by atoms with van der Waals surface area (Å²) in [6.07, 6.45) is 3.71. The van der Waals surface area contributed by atoms with Gasteiger partial charge in [0.05, 0.1) is 79.6 Å². The van der Waals surface area contributed by atoms with Gasteiger partial charge in [-0.25, -0.2) is 18.4 Å². The van der Waals surface area contributed by atoms with E-state index in [2.05, 4.69) is 106 Å². The van der Waals surface area contributed by atoms with E-state index < -0.39 is 52.2 Å². The summed E-state index contributed by atoms with van der Waals surface area (Å²) in [4.78, 5) is 53.6. The zero-order valence-electron chi connectivity index (χ0n) is 41.4. The van der Waals surface area contributed by atoms with E-state index in [1.165, 1.54) is 46.2 Å². The molecule has 0 aliphatic carbocycles. The molecule has 10 rings (SSSR count). The lowest BCUT2D eigenvalue weighted by atomic mass is 10.2. The molecule has 2 atom stereocenters. The third-order valence-corrected chi connectivity index (χ3v) is 19.6. The predicted molar refractivity (Wildman–Crippen MR) is 277 cm³/mol. The minimum absolute atomic E-state index is 0.194. The van der Waals surface area contributed by atoms with Crippen molar-refractivity contribution in [2.24, 2.45) is 0 Å². The smallest absolute Gasteiger partial charge is 0.414 e. The Morgan fingerprint density at radius 3 is 1.62 bits per heavy atom. The summed E-state index contributed by atoms with van der Waals surface area (Å²) in [5.74, 6) is -1.18. The number of benzene rings is 4. The zero-order chi connectivity index (χ0) is 50.9. The van der Waals surface area contributed by atoms with Crippen molar-refractivity contribution >= 4 is 73.3 Å². The summed E-state index contributed by atoms with van der Waals surface area (Å²) in [5, 5.41) is 17.5. The third-order valence-electron chi connectivity index (χ3n) is 13.6. The second kappa shape index (κ2) is 20.4. The number of rotatable bonds is 14. The van der Waals surface area contributed by atoms with Crippen molar-refractivity contribution < 1.29 is 37.4 Å². The number of anilines is 4. The number of halogens is 2.